The smallest absolute Gasteiger partial charge is 0.355 e. The number of anilines is 1. The number of rotatable bonds is 6. The van der Waals surface area contributed by atoms with Crippen molar-refractivity contribution in [1.29, 1.82) is 0 Å². The van der Waals surface area contributed by atoms with Gasteiger partial charge in [0.1, 0.15) is 5.82 Å². The number of hydrogen-bond acceptors (Lipinski definition) is 4. The number of benzene rings is 1. The molecule has 0 radical (unpaired) electrons. The molecule has 0 aliphatic carbocycles. The third-order valence-corrected chi connectivity index (χ3v) is 5.47. The molecule has 0 atom stereocenters. The van der Waals surface area contributed by atoms with Gasteiger partial charge in [-0.3, -0.25) is 4.79 Å². The van der Waals surface area contributed by atoms with Crippen LogP contribution in [0, 0.1) is 0 Å². The molecule has 3 rings (SSSR count). The van der Waals surface area contributed by atoms with E-state index in [1.54, 1.807) is 16.8 Å². The molecule has 2 aromatic rings. The second kappa shape index (κ2) is 11.0. The lowest BCUT2D eigenvalue weighted by molar-refractivity contribution is -0.137. The Hall–Kier alpha value is -3.30. The van der Waals surface area contributed by atoms with Crippen molar-refractivity contribution in [2.24, 2.45) is 0 Å². The molecule has 7 nitrogen and oxygen atoms in total. The standard InChI is InChI=1S/C23H28F3N5O2/c1-29(17-18-6-3-2-4-7-18)22(33)27-11-10-21(32)31-13-5-12-30(14-15-31)20-9-8-19(16-28-20)23(24,25)26/h2-4,6-9,16H,5,10-15,17H2,1H3,(H,27,33). The zero-order valence-electron chi connectivity index (χ0n) is 18.5. The highest BCUT2D eigenvalue weighted by atomic mass is 19.4. The summed E-state index contributed by atoms with van der Waals surface area (Å²) >= 11 is 0. The van der Waals surface area contributed by atoms with E-state index >= 15 is 0 Å². The van der Waals surface area contributed by atoms with Crippen molar-refractivity contribution in [3.8, 4) is 0 Å². The summed E-state index contributed by atoms with van der Waals surface area (Å²) in [5, 5.41) is 2.77. The topological polar surface area (TPSA) is 68.8 Å². The fourth-order valence-electron chi connectivity index (χ4n) is 3.64. The van der Waals surface area contributed by atoms with Gasteiger partial charge in [-0.05, 0) is 24.1 Å². The maximum absolute atomic E-state index is 12.7. The molecule has 3 amide bonds. The van der Waals surface area contributed by atoms with Crippen LogP contribution in [-0.4, -0.2) is 66.5 Å². The van der Waals surface area contributed by atoms with Gasteiger partial charge in [-0.2, -0.15) is 13.2 Å². The number of aromatic nitrogens is 1. The maximum Gasteiger partial charge on any atom is 0.417 e. The minimum atomic E-state index is -4.42. The van der Waals surface area contributed by atoms with Gasteiger partial charge in [0.15, 0.2) is 0 Å². The first-order valence-corrected chi connectivity index (χ1v) is 10.8. The van der Waals surface area contributed by atoms with E-state index in [1.165, 1.54) is 6.07 Å². The molecule has 1 aliphatic heterocycles. The lowest BCUT2D eigenvalue weighted by Crippen LogP contribution is -2.40. The predicted molar refractivity (Wildman–Crippen MR) is 119 cm³/mol. The van der Waals surface area contributed by atoms with Crippen molar-refractivity contribution in [3.05, 3.63) is 59.8 Å². The van der Waals surface area contributed by atoms with Gasteiger partial charge in [0, 0.05) is 58.9 Å². The zero-order valence-corrected chi connectivity index (χ0v) is 18.5. The van der Waals surface area contributed by atoms with E-state index in [1.807, 2.05) is 35.2 Å². The quantitative estimate of drug-likeness (QED) is 0.713. The van der Waals surface area contributed by atoms with E-state index in [4.69, 9.17) is 0 Å². The number of nitrogens with one attached hydrogen (secondary N) is 1. The molecule has 0 bridgehead atoms. The Labute approximate surface area is 191 Å². The van der Waals surface area contributed by atoms with Crippen LogP contribution >= 0.6 is 0 Å². The molecule has 1 fully saturated rings. The number of alkyl halides is 3. The second-order valence-electron chi connectivity index (χ2n) is 7.95. The van der Waals surface area contributed by atoms with Gasteiger partial charge in [0.25, 0.3) is 0 Å². The van der Waals surface area contributed by atoms with Crippen molar-refractivity contribution in [1.82, 2.24) is 20.1 Å². The Kier molecular flexibility index (Phi) is 8.13. The summed E-state index contributed by atoms with van der Waals surface area (Å²) in [4.78, 5) is 34.0. The summed E-state index contributed by atoms with van der Waals surface area (Å²) in [5.41, 5.74) is 0.234. The van der Waals surface area contributed by atoms with Gasteiger partial charge >= 0.3 is 12.2 Å². The monoisotopic (exact) mass is 463 g/mol. The Bertz CT molecular complexity index is 922. The fourth-order valence-corrected chi connectivity index (χ4v) is 3.64. The van der Waals surface area contributed by atoms with E-state index in [0.29, 0.717) is 45.0 Å². The molecule has 1 aromatic heterocycles. The first-order valence-electron chi connectivity index (χ1n) is 10.8. The highest BCUT2D eigenvalue weighted by molar-refractivity contribution is 5.78. The molecule has 1 saturated heterocycles. The van der Waals surface area contributed by atoms with Crippen molar-refractivity contribution >= 4 is 17.8 Å². The summed E-state index contributed by atoms with van der Waals surface area (Å²) in [6, 6.07) is 11.8. The molecular formula is C23H28F3N5O2. The second-order valence-corrected chi connectivity index (χ2v) is 7.95. The Balaban J connectivity index is 1.42. The minimum absolute atomic E-state index is 0.0664. The van der Waals surface area contributed by atoms with E-state index < -0.39 is 11.7 Å². The van der Waals surface area contributed by atoms with Crippen LogP contribution in [0.25, 0.3) is 0 Å². The molecule has 0 spiro atoms. The third kappa shape index (κ3) is 7.10. The van der Waals surface area contributed by atoms with E-state index in [-0.39, 0.29) is 24.9 Å². The average molecular weight is 464 g/mol. The summed E-state index contributed by atoms with van der Waals surface area (Å²) in [5.74, 6) is 0.397. The molecule has 0 unspecified atom stereocenters. The normalized spacial score (nSPS) is 14.5. The number of halogens is 3. The predicted octanol–water partition coefficient (Wildman–Crippen LogP) is 3.37. The Morgan fingerprint density at radius 2 is 1.82 bits per heavy atom. The van der Waals surface area contributed by atoms with Gasteiger partial charge in [0.05, 0.1) is 5.56 Å². The average Bonchev–Trinajstić information content (AvgIpc) is 3.05. The van der Waals surface area contributed by atoms with Crippen LogP contribution in [0.3, 0.4) is 0 Å². The largest absolute Gasteiger partial charge is 0.417 e. The zero-order chi connectivity index (χ0) is 23.8. The number of amides is 3. The number of pyridine rings is 1. The molecule has 1 N–H and O–H groups in total. The van der Waals surface area contributed by atoms with Gasteiger partial charge in [0.2, 0.25) is 5.91 Å². The van der Waals surface area contributed by atoms with Crippen LogP contribution in [0.4, 0.5) is 23.8 Å². The van der Waals surface area contributed by atoms with Crippen molar-refractivity contribution in [2.75, 3.05) is 44.7 Å². The number of hydrogen-bond donors (Lipinski definition) is 1. The molecule has 1 aromatic carbocycles. The van der Waals surface area contributed by atoms with Crippen LogP contribution < -0.4 is 10.2 Å². The first kappa shape index (κ1) is 24.3. The summed E-state index contributed by atoms with van der Waals surface area (Å²) in [6.45, 7) is 2.79. The number of carbonyl (C=O) groups is 2. The Morgan fingerprint density at radius 3 is 2.48 bits per heavy atom. The molecule has 33 heavy (non-hydrogen) atoms. The van der Waals surface area contributed by atoms with Gasteiger partial charge in [-0.1, -0.05) is 30.3 Å². The molecule has 0 saturated carbocycles. The van der Waals surface area contributed by atoms with Crippen molar-refractivity contribution in [2.45, 2.75) is 25.6 Å². The molecule has 178 valence electrons. The lowest BCUT2D eigenvalue weighted by Gasteiger charge is -2.23. The lowest BCUT2D eigenvalue weighted by atomic mass is 10.2. The van der Waals surface area contributed by atoms with E-state index in [9.17, 15) is 22.8 Å². The van der Waals surface area contributed by atoms with Gasteiger partial charge in [-0.25, -0.2) is 9.78 Å². The van der Waals surface area contributed by atoms with E-state index in [0.717, 1.165) is 17.8 Å². The van der Waals surface area contributed by atoms with Crippen LogP contribution in [0.1, 0.15) is 24.0 Å². The van der Waals surface area contributed by atoms with Gasteiger partial charge in [-0.15, -0.1) is 0 Å². The Morgan fingerprint density at radius 1 is 1.06 bits per heavy atom. The summed E-state index contributed by atoms with van der Waals surface area (Å²) < 4.78 is 38.2. The minimum Gasteiger partial charge on any atom is -0.355 e. The molecule has 10 heteroatoms. The third-order valence-electron chi connectivity index (χ3n) is 5.47. The maximum atomic E-state index is 12.7. The summed E-state index contributed by atoms with van der Waals surface area (Å²) in [6.07, 6.45) is -2.72. The fraction of sp³-hybridized carbons (Fsp3) is 0.435. The molecule has 1 aliphatic rings. The SMILES string of the molecule is CN(Cc1ccccc1)C(=O)NCCC(=O)N1CCCN(c2ccc(C(F)(F)F)cn2)CC1. The van der Waals surface area contributed by atoms with Crippen LogP contribution in [0.5, 0.6) is 0 Å². The number of nitrogens with zero attached hydrogens (tertiary/aromatic N) is 4. The van der Waals surface area contributed by atoms with Crippen LogP contribution in [0.2, 0.25) is 0 Å². The van der Waals surface area contributed by atoms with Crippen LogP contribution in [-0.2, 0) is 17.5 Å². The summed E-state index contributed by atoms with van der Waals surface area (Å²) in [7, 11) is 1.70. The first-order chi connectivity index (χ1) is 15.7. The molecule has 2 heterocycles. The highest BCUT2D eigenvalue weighted by Crippen LogP contribution is 2.29. The van der Waals surface area contributed by atoms with E-state index in [2.05, 4.69) is 10.3 Å². The van der Waals surface area contributed by atoms with Crippen LogP contribution in [0.15, 0.2) is 48.7 Å². The number of carbonyl (C=O) groups excluding carboxylic acids is 2. The van der Waals surface area contributed by atoms with Gasteiger partial charge < -0.3 is 20.0 Å². The highest BCUT2D eigenvalue weighted by Gasteiger charge is 2.31. The number of urea groups is 1. The molecular weight excluding hydrogens is 435 g/mol. The van der Waals surface area contributed by atoms with Crippen molar-refractivity contribution < 1.29 is 22.8 Å². The van der Waals surface area contributed by atoms with Crippen molar-refractivity contribution in [3.63, 3.8) is 0 Å².